The summed E-state index contributed by atoms with van der Waals surface area (Å²) in [4.78, 5) is 40.4. The average Bonchev–Trinajstić information content (AvgIpc) is 3.22. The summed E-state index contributed by atoms with van der Waals surface area (Å²) in [6.45, 7) is 8.35. The van der Waals surface area contributed by atoms with E-state index < -0.39 is 122 Å². The number of aliphatic hydroxyl groups is 7. The van der Waals surface area contributed by atoms with Crippen molar-refractivity contribution >= 4 is 17.9 Å². The van der Waals surface area contributed by atoms with Gasteiger partial charge in [-0.1, -0.05) is 39.3 Å². The van der Waals surface area contributed by atoms with Crippen molar-refractivity contribution in [2.45, 2.75) is 178 Å². The van der Waals surface area contributed by atoms with E-state index in [-0.39, 0.29) is 47.6 Å². The lowest BCUT2D eigenvalue weighted by Crippen LogP contribution is -2.66. The number of hydrogen-bond acceptors (Lipinski definition) is 17. The summed E-state index contributed by atoms with van der Waals surface area (Å²) in [7, 11) is 5.60. The maximum absolute atomic E-state index is 13.6. The largest absolute Gasteiger partial charge is 0.465 e. The summed E-state index contributed by atoms with van der Waals surface area (Å²) < 4.78 is 41.0. The van der Waals surface area contributed by atoms with Gasteiger partial charge >= 0.3 is 17.9 Å². The van der Waals surface area contributed by atoms with Crippen LogP contribution in [0.25, 0.3) is 0 Å². The average molecular weight is 891 g/mol. The molecule has 8 rings (SSSR count). The van der Waals surface area contributed by atoms with Crippen molar-refractivity contribution in [2.24, 2.45) is 39.4 Å². The Morgan fingerprint density at radius 2 is 1.57 bits per heavy atom. The molecule has 7 fully saturated rings. The normalized spacial score (nSPS) is 49.7. The van der Waals surface area contributed by atoms with Crippen molar-refractivity contribution in [2.75, 3.05) is 19.8 Å². The van der Waals surface area contributed by atoms with E-state index in [1.165, 1.54) is 18.4 Å². The zero-order valence-electron chi connectivity index (χ0n) is 36.9. The molecule has 63 heavy (non-hydrogen) atoms. The third-order valence-corrected chi connectivity index (χ3v) is 16.5. The van der Waals surface area contributed by atoms with E-state index in [0.717, 1.165) is 25.2 Å². The minimum absolute atomic E-state index is 0.0118. The highest BCUT2D eigenvalue weighted by Gasteiger charge is 2.66. The van der Waals surface area contributed by atoms with Crippen LogP contribution in [0.2, 0.25) is 0 Å². The third kappa shape index (κ3) is 8.20. The van der Waals surface area contributed by atoms with Crippen LogP contribution in [0.1, 0.15) is 105 Å². The number of carbonyl (C=O) groups is 3. The van der Waals surface area contributed by atoms with E-state index in [1.54, 1.807) is 0 Å². The molecular formula is C46H66O17. The Balaban J connectivity index is 1.15. The number of carbonyl (C=O) groups excluding carboxylic acids is 3. The number of hydrogen-bond donors (Lipinski definition) is 7. The molecule has 0 aromatic carbocycles. The molecule has 0 spiro atoms. The highest BCUT2D eigenvalue weighted by atomic mass is 16.8. The summed E-state index contributed by atoms with van der Waals surface area (Å²) in [5.74, 6) is -0.277. The zero-order chi connectivity index (χ0) is 45.6. The molecule has 17 nitrogen and oxygen atoms in total. The zero-order valence-corrected chi connectivity index (χ0v) is 36.9. The SMILES string of the molecule is [CH]OC(=O)[C@]12CCC(C)(C)C[C@H]1C1=CC[C@@H]3[C]4C[C@H](O)[C@H]5O[C@H]6O[C@H](CO)[C@@H](O)C(O)[C@@H]6O[C@H]6OC[C@H](O)[C@@H](O)[C@@H]6OC(=O)C[C@](C)(O)CC(=O)OC[C@@]5(C)[C@H]4CC[C]3[C@@]1(C)CC2. The summed E-state index contributed by atoms with van der Waals surface area (Å²) in [6, 6.07) is 0. The predicted octanol–water partition coefficient (Wildman–Crippen LogP) is 1.37. The molecule has 3 heterocycles. The lowest BCUT2D eigenvalue weighted by molar-refractivity contribution is -0.373. The van der Waals surface area contributed by atoms with Gasteiger partial charge in [-0.2, -0.15) is 0 Å². The third-order valence-electron chi connectivity index (χ3n) is 16.5. The Kier molecular flexibility index (Phi) is 12.8. The van der Waals surface area contributed by atoms with Crippen molar-refractivity contribution in [3.05, 3.63) is 30.6 Å². The number of rotatable bonds is 2. The van der Waals surface area contributed by atoms with Crippen LogP contribution in [0, 0.1) is 58.4 Å². The van der Waals surface area contributed by atoms with Crippen LogP contribution in [-0.2, 0) is 47.5 Å². The minimum Gasteiger partial charge on any atom is -0.465 e. The first kappa shape index (κ1) is 47.2. The van der Waals surface area contributed by atoms with E-state index in [0.29, 0.717) is 32.1 Å². The van der Waals surface area contributed by atoms with Crippen molar-refractivity contribution in [1.29, 1.82) is 0 Å². The fourth-order valence-corrected chi connectivity index (χ4v) is 13.0. The second-order valence-corrected chi connectivity index (χ2v) is 21.3. The van der Waals surface area contributed by atoms with E-state index in [9.17, 15) is 50.1 Å². The Bertz CT molecular complexity index is 1770. The molecule has 0 bridgehead atoms. The molecule has 4 radical (unpaired) electrons. The molecule has 0 aromatic rings. The number of fused-ring (bicyclic) bond motifs is 11. The Morgan fingerprint density at radius 1 is 0.857 bits per heavy atom. The number of esters is 3. The smallest absolute Gasteiger partial charge is 0.313 e. The van der Waals surface area contributed by atoms with E-state index >= 15 is 0 Å². The van der Waals surface area contributed by atoms with Crippen LogP contribution in [0.15, 0.2) is 11.6 Å². The van der Waals surface area contributed by atoms with Crippen LogP contribution in [0.5, 0.6) is 0 Å². The van der Waals surface area contributed by atoms with Gasteiger partial charge in [0.2, 0.25) is 0 Å². The highest BCUT2D eigenvalue weighted by Crippen LogP contribution is 2.70. The van der Waals surface area contributed by atoms with Crippen LogP contribution < -0.4 is 0 Å². The van der Waals surface area contributed by atoms with Gasteiger partial charge in [0.05, 0.1) is 55.9 Å². The lowest BCUT2D eigenvalue weighted by Gasteiger charge is -2.64. The van der Waals surface area contributed by atoms with Gasteiger partial charge in [-0.05, 0) is 105 Å². The van der Waals surface area contributed by atoms with Gasteiger partial charge in [0.15, 0.2) is 25.8 Å². The molecule has 17 heteroatoms. The summed E-state index contributed by atoms with van der Waals surface area (Å²) in [5.41, 5.74) is -2.94. The maximum Gasteiger partial charge on any atom is 0.313 e. The van der Waals surface area contributed by atoms with Crippen molar-refractivity contribution in [3.63, 3.8) is 0 Å². The fraction of sp³-hybridized carbons (Fsp3) is 0.826. The van der Waals surface area contributed by atoms with Crippen LogP contribution in [-0.4, -0.2) is 147 Å². The van der Waals surface area contributed by atoms with Crippen LogP contribution in [0.4, 0.5) is 0 Å². The van der Waals surface area contributed by atoms with Crippen LogP contribution in [0.3, 0.4) is 0 Å². The molecule has 4 saturated carbocycles. The first-order valence-corrected chi connectivity index (χ1v) is 22.6. The molecule has 18 atom stereocenters. The predicted molar refractivity (Wildman–Crippen MR) is 215 cm³/mol. The van der Waals surface area contributed by atoms with Crippen LogP contribution >= 0.6 is 0 Å². The number of allylic oxidation sites excluding steroid dienone is 2. The van der Waals surface area contributed by atoms with Gasteiger partial charge in [-0.3, -0.25) is 14.4 Å². The summed E-state index contributed by atoms with van der Waals surface area (Å²) in [6.07, 6.45) is -10.5. The number of ether oxygens (including phenoxy) is 7. The summed E-state index contributed by atoms with van der Waals surface area (Å²) in [5, 5.41) is 77.8. The standard InChI is InChI=1S/C46H66O17/c1-42(2)11-13-46(41(55)57-6)14-12-44(4)24-9-10-25-23(22(24)7-8-26(44)27(46)16-42)15-28(48)38-45(25,5)21-59-31(50)17-43(3,56)18-32(51)61-36-33(52)29(49)20-58-39(36)62-37-35(54)34(53)30(19-47)60-40(37)63-38/h6,8,22,25,27-30,33-40,47-49,52-54,56H,7,9-21H2,1-5H3/t22-,25+,27+,28+,29+,30-,33-,34-,35?,36+,37+,38-,39-,40-,43-,44-,45+,46+/m1/s1. The van der Waals surface area contributed by atoms with Gasteiger partial charge in [-0.25, -0.2) is 0 Å². The number of aliphatic hydroxyl groups excluding tert-OH is 6. The van der Waals surface area contributed by atoms with Crippen molar-refractivity contribution in [3.8, 4) is 0 Å². The van der Waals surface area contributed by atoms with Gasteiger partial charge in [0, 0.05) is 5.41 Å². The minimum atomic E-state index is -1.98. The highest BCUT2D eigenvalue weighted by molar-refractivity contribution is 5.79. The maximum atomic E-state index is 13.6. The van der Waals surface area contributed by atoms with Gasteiger partial charge < -0.3 is 68.9 Å². The molecule has 8 aliphatic rings. The molecule has 352 valence electrons. The molecule has 3 saturated heterocycles. The quantitative estimate of drug-likeness (QED) is 0.0895. The van der Waals surface area contributed by atoms with E-state index in [2.05, 4.69) is 26.8 Å². The second kappa shape index (κ2) is 17.1. The summed E-state index contributed by atoms with van der Waals surface area (Å²) >= 11 is 0. The second-order valence-electron chi connectivity index (χ2n) is 21.3. The molecule has 0 aromatic heterocycles. The number of cyclic esters (lactones) is 1. The molecule has 5 aliphatic carbocycles. The molecule has 7 N–H and O–H groups in total. The van der Waals surface area contributed by atoms with Gasteiger partial charge in [0.25, 0.3) is 0 Å². The van der Waals surface area contributed by atoms with Gasteiger partial charge in [-0.15, -0.1) is 0 Å². The molecule has 3 aliphatic heterocycles. The van der Waals surface area contributed by atoms with E-state index in [4.69, 9.17) is 40.3 Å². The topological polar surface area (TPSA) is 257 Å². The first-order valence-electron chi connectivity index (χ1n) is 22.6. The fourth-order valence-electron chi connectivity index (χ4n) is 13.0. The van der Waals surface area contributed by atoms with Gasteiger partial charge in [0.1, 0.15) is 36.6 Å². The Morgan fingerprint density at radius 3 is 2.29 bits per heavy atom. The molecular weight excluding hydrogens is 824 g/mol. The van der Waals surface area contributed by atoms with Crippen molar-refractivity contribution in [1.82, 2.24) is 0 Å². The Labute approximate surface area is 368 Å². The molecule has 1 unspecified atom stereocenters. The first-order chi connectivity index (χ1) is 29.6. The Hall–Kier alpha value is -2.29. The monoisotopic (exact) mass is 890 g/mol. The van der Waals surface area contributed by atoms with Crippen molar-refractivity contribution < 1.29 is 83.3 Å². The molecule has 0 amide bonds. The van der Waals surface area contributed by atoms with E-state index in [1.807, 2.05) is 6.92 Å². The lowest BCUT2D eigenvalue weighted by atomic mass is 9.40.